The Kier molecular flexibility index (Phi) is 2.17. The Bertz CT molecular complexity index is 576. The maximum Gasteiger partial charge on any atom is 0.343 e. The average Bonchev–Trinajstić information content (AvgIpc) is 2.27. The van der Waals surface area contributed by atoms with E-state index in [4.69, 9.17) is 0 Å². The van der Waals surface area contributed by atoms with Crippen LogP contribution in [0.1, 0.15) is 10.4 Å². The average molecular weight is 205 g/mol. The van der Waals surface area contributed by atoms with Crippen LogP contribution in [0, 0.1) is 0 Å². The number of aromatic nitrogens is 3. The van der Waals surface area contributed by atoms with E-state index in [-0.39, 0.29) is 5.56 Å². The maximum absolute atomic E-state index is 11.4. The van der Waals surface area contributed by atoms with Gasteiger partial charge in [0.1, 0.15) is 11.1 Å². The van der Waals surface area contributed by atoms with Crippen molar-refractivity contribution in [3.05, 3.63) is 34.4 Å². The van der Waals surface area contributed by atoms with Crippen molar-refractivity contribution in [1.29, 1.82) is 0 Å². The van der Waals surface area contributed by atoms with Crippen LogP contribution in [0.5, 0.6) is 0 Å². The number of pyridine rings is 1. The van der Waals surface area contributed by atoms with E-state index in [1.165, 1.54) is 25.6 Å². The van der Waals surface area contributed by atoms with E-state index in [0.717, 1.165) is 0 Å². The number of fused-ring (bicyclic) bond motifs is 1. The molecule has 0 spiro atoms. The second-order valence-corrected chi connectivity index (χ2v) is 2.79. The molecule has 0 radical (unpaired) electrons. The van der Waals surface area contributed by atoms with Gasteiger partial charge in [0.25, 0.3) is 5.56 Å². The second-order valence-electron chi connectivity index (χ2n) is 2.79. The number of hydrogen-bond acceptors (Lipinski definition) is 5. The van der Waals surface area contributed by atoms with Gasteiger partial charge in [-0.1, -0.05) is 0 Å². The summed E-state index contributed by atoms with van der Waals surface area (Å²) in [6.45, 7) is 0. The lowest BCUT2D eigenvalue weighted by molar-refractivity contribution is 0.0599. The Morgan fingerprint density at radius 3 is 2.87 bits per heavy atom. The van der Waals surface area contributed by atoms with Crippen molar-refractivity contribution >= 4 is 17.1 Å². The minimum absolute atomic E-state index is 0.0782. The first-order chi connectivity index (χ1) is 7.22. The lowest BCUT2D eigenvalue weighted by atomic mass is 10.2. The molecule has 6 heteroatoms. The van der Waals surface area contributed by atoms with E-state index in [0.29, 0.717) is 11.2 Å². The molecule has 76 valence electrons. The summed E-state index contributed by atoms with van der Waals surface area (Å²) in [6, 6.07) is 1.35. The molecule has 0 saturated heterocycles. The maximum atomic E-state index is 11.4. The van der Waals surface area contributed by atoms with Gasteiger partial charge < -0.3 is 9.72 Å². The van der Waals surface area contributed by atoms with Crippen molar-refractivity contribution in [1.82, 2.24) is 15.0 Å². The van der Waals surface area contributed by atoms with E-state index in [9.17, 15) is 9.59 Å². The van der Waals surface area contributed by atoms with Crippen LogP contribution in [0.3, 0.4) is 0 Å². The van der Waals surface area contributed by atoms with Gasteiger partial charge in [-0.05, 0) is 6.07 Å². The van der Waals surface area contributed by atoms with Crippen LogP contribution in [0.15, 0.2) is 23.3 Å². The van der Waals surface area contributed by atoms with Gasteiger partial charge in [0, 0.05) is 12.4 Å². The van der Waals surface area contributed by atoms with Crippen molar-refractivity contribution in [3.8, 4) is 0 Å². The molecule has 2 heterocycles. The van der Waals surface area contributed by atoms with E-state index in [1.54, 1.807) is 0 Å². The summed E-state index contributed by atoms with van der Waals surface area (Å²) in [5, 5.41) is 0. The van der Waals surface area contributed by atoms with Gasteiger partial charge in [-0.3, -0.25) is 9.78 Å². The summed E-state index contributed by atoms with van der Waals surface area (Å²) < 4.78 is 4.46. The predicted octanol–water partition coefficient (Wildman–Crippen LogP) is 0.105. The van der Waals surface area contributed by atoms with E-state index >= 15 is 0 Å². The molecule has 2 aromatic rings. The number of aromatic amines is 1. The van der Waals surface area contributed by atoms with Crippen molar-refractivity contribution < 1.29 is 9.53 Å². The minimum Gasteiger partial charge on any atom is -0.465 e. The fraction of sp³-hybridized carbons (Fsp3) is 0.111. The summed E-state index contributed by atoms with van der Waals surface area (Å²) in [6.07, 6.45) is 2.93. The first-order valence-electron chi connectivity index (χ1n) is 4.14. The monoisotopic (exact) mass is 205 g/mol. The van der Waals surface area contributed by atoms with E-state index in [1.807, 2.05) is 0 Å². The standard InChI is InChI=1S/C9H7N3O3/c1-15-9(14)5-4-6-7(12-8(5)13)11-3-2-10-6/h2-4H,1H3,(H,11,12,13). The van der Waals surface area contributed by atoms with Gasteiger partial charge in [0.15, 0.2) is 5.65 Å². The number of carbonyl (C=O) groups excluding carboxylic acids is 1. The van der Waals surface area contributed by atoms with Crippen LogP contribution in [0.4, 0.5) is 0 Å². The van der Waals surface area contributed by atoms with Crippen LogP contribution >= 0.6 is 0 Å². The SMILES string of the molecule is COC(=O)c1cc2nccnc2[nH]c1=O. The molecule has 2 rings (SSSR count). The lowest BCUT2D eigenvalue weighted by Crippen LogP contribution is -2.19. The van der Waals surface area contributed by atoms with Gasteiger partial charge in [-0.2, -0.15) is 0 Å². The summed E-state index contributed by atoms with van der Waals surface area (Å²) in [7, 11) is 1.21. The third-order valence-corrected chi connectivity index (χ3v) is 1.89. The van der Waals surface area contributed by atoms with E-state index < -0.39 is 11.5 Å². The second kappa shape index (κ2) is 3.49. The zero-order chi connectivity index (χ0) is 10.8. The van der Waals surface area contributed by atoms with Crippen LogP contribution in [0.25, 0.3) is 11.2 Å². The third kappa shape index (κ3) is 1.56. The van der Waals surface area contributed by atoms with Gasteiger partial charge in [-0.25, -0.2) is 9.78 Å². The molecule has 15 heavy (non-hydrogen) atoms. The number of H-pyrrole nitrogens is 1. The Hall–Kier alpha value is -2.24. The third-order valence-electron chi connectivity index (χ3n) is 1.89. The molecule has 0 atom stereocenters. The molecule has 0 fully saturated rings. The molecule has 0 saturated carbocycles. The molecule has 2 aromatic heterocycles. The van der Waals surface area contributed by atoms with Gasteiger partial charge in [0.2, 0.25) is 0 Å². The highest BCUT2D eigenvalue weighted by Crippen LogP contribution is 2.04. The number of hydrogen-bond donors (Lipinski definition) is 1. The van der Waals surface area contributed by atoms with E-state index in [2.05, 4.69) is 19.7 Å². The van der Waals surface area contributed by atoms with Crippen LogP contribution in [-0.2, 0) is 4.74 Å². The molecular weight excluding hydrogens is 198 g/mol. The molecule has 6 nitrogen and oxygen atoms in total. The predicted molar refractivity (Wildman–Crippen MR) is 51.5 cm³/mol. The molecule has 0 aliphatic heterocycles. The zero-order valence-corrected chi connectivity index (χ0v) is 7.85. The quantitative estimate of drug-likeness (QED) is 0.667. The Labute approximate surface area is 83.9 Å². The highest BCUT2D eigenvalue weighted by atomic mass is 16.5. The molecule has 0 unspecified atom stereocenters. The highest BCUT2D eigenvalue weighted by molar-refractivity contribution is 5.91. The number of ether oxygens (including phenoxy) is 1. The fourth-order valence-corrected chi connectivity index (χ4v) is 1.19. The first kappa shape index (κ1) is 9.32. The van der Waals surface area contributed by atoms with Crippen LogP contribution in [-0.4, -0.2) is 28.0 Å². The van der Waals surface area contributed by atoms with Gasteiger partial charge in [-0.15, -0.1) is 0 Å². The van der Waals surface area contributed by atoms with Crippen LogP contribution in [0.2, 0.25) is 0 Å². The number of esters is 1. The molecular formula is C9H7N3O3. The molecule has 0 aliphatic carbocycles. The summed E-state index contributed by atoms with van der Waals surface area (Å²) >= 11 is 0. The molecule has 0 aromatic carbocycles. The Morgan fingerprint density at radius 2 is 2.13 bits per heavy atom. The Morgan fingerprint density at radius 1 is 1.40 bits per heavy atom. The lowest BCUT2D eigenvalue weighted by Gasteiger charge is -1.99. The van der Waals surface area contributed by atoms with Gasteiger partial charge in [0.05, 0.1) is 7.11 Å². The summed E-state index contributed by atoms with van der Waals surface area (Å²) in [5.74, 6) is -0.691. The van der Waals surface area contributed by atoms with Gasteiger partial charge >= 0.3 is 5.97 Å². The topological polar surface area (TPSA) is 84.9 Å². The number of carbonyl (C=O) groups is 1. The van der Waals surface area contributed by atoms with Crippen LogP contribution < -0.4 is 5.56 Å². The number of rotatable bonds is 1. The normalized spacial score (nSPS) is 10.2. The molecule has 0 aliphatic rings. The smallest absolute Gasteiger partial charge is 0.343 e. The minimum atomic E-state index is -0.691. The van der Waals surface area contributed by atoms with Crippen molar-refractivity contribution in [2.24, 2.45) is 0 Å². The highest BCUT2D eigenvalue weighted by Gasteiger charge is 2.12. The van der Waals surface area contributed by atoms with Crippen molar-refractivity contribution in [2.75, 3.05) is 7.11 Å². The number of nitrogens with one attached hydrogen (secondary N) is 1. The molecule has 0 amide bonds. The Balaban J connectivity index is 2.73. The number of methoxy groups -OCH3 is 1. The zero-order valence-electron chi connectivity index (χ0n) is 7.85. The van der Waals surface area contributed by atoms with Crippen molar-refractivity contribution in [3.63, 3.8) is 0 Å². The molecule has 0 bridgehead atoms. The first-order valence-corrected chi connectivity index (χ1v) is 4.14. The molecule has 1 N–H and O–H groups in total. The largest absolute Gasteiger partial charge is 0.465 e. The number of nitrogens with zero attached hydrogens (tertiary/aromatic N) is 2. The van der Waals surface area contributed by atoms with Crippen molar-refractivity contribution in [2.45, 2.75) is 0 Å². The fourth-order valence-electron chi connectivity index (χ4n) is 1.19. The summed E-state index contributed by atoms with van der Waals surface area (Å²) in [4.78, 5) is 32.9. The summed E-state index contributed by atoms with van der Waals surface area (Å²) in [5.41, 5.74) is 0.174.